The molecule has 0 saturated heterocycles. The molecule has 110 valence electrons. The van der Waals surface area contributed by atoms with Crippen LogP contribution in [0.25, 0.3) is 21.8 Å². The Morgan fingerprint density at radius 1 is 1.09 bits per heavy atom. The molecule has 3 rings (SSSR count). The molecule has 1 heterocycles. The van der Waals surface area contributed by atoms with Gasteiger partial charge in [-0.15, -0.1) is 6.42 Å². The maximum absolute atomic E-state index is 12.6. The Morgan fingerprint density at radius 3 is 2.45 bits per heavy atom. The van der Waals surface area contributed by atoms with E-state index >= 15 is 0 Å². The summed E-state index contributed by atoms with van der Waals surface area (Å²) in [7, 11) is 0. The van der Waals surface area contributed by atoms with Crippen molar-refractivity contribution in [1.82, 2.24) is 4.57 Å². The largest absolute Gasteiger partial charge is 0.443 e. The molecule has 3 aromatic rings. The van der Waals surface area contributed by atoms with Crippen molar-refractivity contribution in [2.45, 2.75) is 26.4 Å². The molecule has 1 aromatic heterocycles. The molecule has 0 fully saturated rings. The third-order valence-corrected chi connectivity index (χ3v) is 3.42. The number of nitrogens with zero attached hydrogens (tertiary/aromatic N) is 1. The Bertz CT molecular complexity index is 920. The van der Waals surface area contributed by atoms with Gasteiger partial charge in [-0.3, -0.25) is 0 Å². The van der Waals surface area contributed by atoms with E-state index in [2.05, 4.69) is 5.92 Å². The van der Waals surface area contributed by atoms with Crippen molar-refractivity contribution in [2.24, 2.45) is 0 Å². The minimum atomic E-state index is -0.548. The maximum Gasteiger partial charge on any atom is 0.419 e. The van der Waals surface area contributed by atoms with Crippen molar-refractivity contribution in [3.8, 4) is 12.3 Å². The molecule has 0 amide bonds. The second-order valence-corrected chi connectivity index (χ2v) is 6.21. The van der Waals surface area contributed by atoms with Crippen molar-refractivity contribution in [3.63, 3.8) is 0 Å². The molecule has 0 bridgehead atoms. The fourth-order valence-electron chi connectivity index (χ4n) is 2.57. The van der Waals surface area contributed by atoms with Crippen molar-refractivity contribution in [2.75, 3.05) is 0 Å². The van der Waals surface area contributed by atoms with Crippen molar-refractivity contribution >= 4 is 27.9 Å². The van der Waals surface area contributed by atoms with Gasteiger partial charge in [-0.05, 0) is 45.0 Å². The molecule has 3 heteroatoms. The Kier molecular flexibility index (Phi) is 3.18. The number of ether oxygens (including phenoxy) is 1. The molecule has 0 unspecified atom stereocenters. The second-order valence-electron chi connectivity index (χ2n) is 6.21. The van der Waals surface area contributed by atoms with Gasteiger partial charge in [-0.25, -0.2) is 9.36 Å². The van der Waals surface area contributed by atoms with Crippen molar-refractivity contribution in [1.29, 1.82) is 0 Å². The average Bonchev–Trinajstić information content (AvgIpc) is 2.79. The first-order valence-electron chi connectivity index (χ1n) is 7.14. The van der Waals surface area contributed by atoms with Crippen LogP contribution in [0.1, 0.15) is 26.3 Å². The SMILES string of the molecule is C#Cc1ccc2c(c1)c1ccccc1n2C(=O)OC(C)(C)C. The standard InChI is InChI=1S/C19H17NO2/c1-5-13-10-11-17-15(12-13)14-8-6-7-9-16(14)20(17)18(21)22-19(2,3)4/h1,6-12H,2-4H3. The van der Waals surface area contributed by atoms with Gasteiger partial charge in [0, 0.05) is 16.3 Å². The molecule has 0 radical (unpaired) electrons. The first kappa shape index (κ1) is 14.2. The highest BCUT2D eigenvalue weighted by Gasteiger charge is 2.22. The van der Waals surface area contributed by atoms with Gasteiger partial charge in [0.1, 0.15) is 5.60 Å². The van der Waals surface area contributed by atoms with Gasteiger partial charge in [0.15, 0.2) is 0 Å². The lowest BCUT2D eigenvalue weighted by Crippen LogP contribution is -2.27. The molecule has 0 spiro atoms. The van der Waals surface area contributed by atoms with Crippen LogP contribution in [0.3, 0.4) is 0 Å². The minimum Gasteiger partial charge on any atom is -0.443 e. The van der Waals surface area contributed by atoms with Crippen LogP contribution in [-0.2, 0) is 4.74 Å². The number of carbonyl (C=O) groups excluding carboxylic acids is 1. The lowest BCUT2D eigenvalue weighted by molar-refractivity contribution is 0.0551. The highest BCUT2D eigenvalue weighted by atomic mass is 16.6. The highest BCUT2D eigenvalue weighted by Crippen LogP contribution is 2.30. The molecule has 0 atom stereocenters. The number of benzene rings is 2. The van der Waals surface area contributed by atoms with E-state index in [1.54, 1.807) is 4.57 Å². The van der Waals surface area contributed by atoms with Gasteiger partial charge >= 0.3 is 6.09 Å². The summed E-state index contributed by atoms with van der Waals surface area (Å²) in [6.45, 7) is 5.57. The van der Waals surface area contributed by atoms with E-state index in [4.69, 9.17) is 11.2 Å². The zero-order valence-electron chi connectivity index (χ0n) is 12.9. The third kappa shape index (κ3) is 2.33. The summed E-state index contributed by atoms with van der Waals surface area (Å²) in [6.07, 6.45) is 5.10. The summed E-state index contributed by atoms with van der Waals surface area (Å²) in [5.41, 5.74) is 1.86. The number of aromatic nitrogens is 1. The fraction of sp³-hybridized carbons (Fsp3) is 0.211. The quantitative estimate of drug-likeness (QED) is 0.569. The minimum absolute atomic E-state index is 0.382. The highest BCUT2D eigenvalue weighted by molar-refractivity contribution is 6.12. The van der Waals surface area contributed by atoms with Gasteiger partial charge in [0.2, 0.25) is 0 Å². The van der Waals surface area contributed by atoms with E-state index in [-0.39, 0.29) is 6.09 Å². The van der Waals surface area contributed by atoms with Crippen LogP contribution >= 0.6 is 0 Å². The van der Waals surface area contributed by atoms with Crippen molar-refractivity contribution in [3.05, 3.63) is 48.0 Å². The Hall–Kier alpha value is -2.73. The topological polar surface area (TPSA) is 31.2 Å². The number of rotatable bonds is 0. The first-order valence-corrected chi connectivity index (χ1v) is 7.14. The molecule has 3 nitrogen and oxygen atoms in total. The average molecular weight is 291 g/mol. The van der Waals surface area contributed by atoms with Crippen LogP contribution in [0.15, 0.2) is 42.5 Å². The van der Waals surface area contributed by atoms with Gasteiger partial charge < -0.3 is 4.74 Å². The van der Waals surface area contributed by atoms with Crippen LogP contribution in [0, 0.1) is 12.3 Å². The Balaban J connectivity index is 2.32. The molecular weight excluding hydrogens is 274 g/mol. The zero-order valence-corrected chi connectivity index (χ0v) is 12.9. The number of fused-ring (bicyclic) bond motifs is 3. The lowest BCUT2D eigenvalue weighted by atomic mass is 10.1. The van der Waals surface area contributed by atoms with Crippen LogP contribution in [-0.4, -0.2) is 16.3 Å². The number of hydrogen-bond acceptors (Lipinski definition) is 2. The van der Waals surface area contributed by atoms with E-state index in [9.17, 15) is 4.79 Å². The van der Waals surface area contributed by atoms with E-state index in [0.717, 1.165) is 27.4 Å². The van der Waals surface area contributed by atoms with Crippen LogP contribution < -0.4 is 0 Å². The molecule has 2 aromatic carbocycles. The smallest absolute Gasteiger partial charge is 0.419 e. The molecular formula is C19H17NO2. The van der Waals surface area contributed by atoms with Gasteiger partial charge in [-0.1, -0.05) is 24.1 Å². The van der Waals surface area contributed by atoms with Crippen LogP contribution in [0.4, 0.5) is 4.79 Å². The number of carbonyl (C=O) groups is 1. The number of terminal acetylenes is 1. The predicted molar refractivity (Wildman–Crippen MR) is 89.0 cm³/mol. The number of para-hydroxylation sites is 1. The van der Waals surface area contributed by atoms with Gasteiger partial charge in [0.05, 0.1) is 11.0 Å². The molecule has 0 saturated carbocycles. The summed E-state index contributed by atoms with van der Waals surface area (Å²) in [6, 6.07) is 13.4. The maximum atomic E-state index is 12.6. The van der Waals surface area contributed by atoms with E-state index < -0.39 is 5.60 Å². The number of hydrogen-bond donors (Lipinski definition) is 0. The van der Waals surface area contributed by atoms with Gasteiger partial charge in [0.25, 0.3) is 0 Å². The van der Waals surface area contributed by atoms with Crippen molar-refractivity contribution < 1.29 is 9.53 Å². The van der Waals surface area contributed by atoms with Crippen LogP contribution in [0.2, 0.25) is 0 Å². The molecule has 0 N–H and O–H groups in total. The Labute approximate surface area is 129 Å². The van der Waals surface area contributed by atoms with Gasteiger partial charge in [-0.2, -0.15) is 0 Å². The summed E-state index contributed by atoms with van der Waals surface area (Å²) in [5, 5.41) is 1.94. The molecule has 22 heavy (non-hydrogen) atoms. The molecule has 0 aliphatic rings. The summed E-state index contributed by atoms with van der Waals surface area (Å²) >= 11 is 0. The lowest BCUT2D eigenvalue weighted by Gasteiger charge is -2.20. The predicted octanol–water partition coefficient (Wildman–Crippen LogP) is 4.56. The Morgan fingerprint density at radius 2 is 1.77 bits per heavy atom. The normalized spacial score (nSPS) is 11.5. The fourth-order valence-corrected chi connectivity index (χ4v) is 2.57. The first-order chi connectivity index (χ1) is 10.4. The van der Waals surface area contributed by atoms with E-state index in [1.165, 1.54) is 0 Å². The van der Waals surface area contributed by atoms with Crippen LogP contribution in [0.5, 0.6) is 0 Å². The monoisotopic (exact) mass is 291 g/mol. The summed E-state index contributed by atoms with van der Waals surface area (Å²) in [4.78, 5) is 12.6. The van der Waals surface area contributed by atoms with E-state index in [0.29, 0.717) is 0 Å². The summed E-state index contributed by atoms with van der Waals surface area (Å²) < 4.78 is 7.15. The zero-order chi connectivity index (χ0) is 15.9. The molecule has 0 aliphatic carbocycles. The van der Waals surface area contributed by atoms with E-state index in [1.807, 2.05) is 63.2 Å². The third-order valence-electron chi connectivity index (χ3n) is 3.42. The molecule has 0 aliphatic heterocycles. The summed E-state index contributed by atoms with van der Waals surface area (Å²) in [5.74, 6) is 2.64. The second kappa shape index (κ2) is 4.92.